The van der Waals surface area contributed by atoms with E-state index in [1.165, 1.54) is 12.1 Å². The molecule has 0 aliphatic rings. The standard InChI is InChI=1S/C11H16N6O2S/c1-2-17-7-15-16-11(17)6-14-9-3-8(12)4-10(5-9)20(13,18)19/h3-5,7,14H,2,6,12H2,1H3,(H2,13,18,19). The second-order valence-electron chi connectivity index (χ2n) is 4.22. The first-order chi connectivity index (χ1) is 9.40. The summed E-state index contributed by atoms with van der Waals surface area (Å²) >= 11 is 0. The molecule has 0 saturated heterocycles. The van der Waals surface area contributed by atoms with Crippen molar-refractivity contribution < 1.29 is 8.42 Å². The van der Waals surface area contributed by atoms with Gasteiger partial charge in [0.1, 0.15) is 6.33 Å². The van der Waals surface area contributed by atoms with E-state index in [1.54, 1.807) is 12.4 Å². The third kappa shape index (κ3) is 3.25. The van der Waals surface area contributed by atoms with Gasteiger partial charge in [0, 0.05) is 17.9 Å². The van der Waals surface area contributed by atoms with Gasteiger partial charge in [0.15, 0.2) is 5.82 Å². The van der Waals surface area contributed by atoms with Crippen LogP contribution >= 0.6 is 0 Å². The molecule has 0 unspecified atom stereocenters. The number of aryl methyl sites for hydroxylation is 1. The van der Waals surface area contributed by atoms with Gasteiger partial charge >= 0.3 is 0 Å². The third-order valence-corrected chi connectivity index (χ3v) is 3.64. The SMILES string of the molecule is CCn1cnnc1CNc1cc(N)cc(S(N)(=O)=O)c1. The topological polar surface area (TPSA) is 129 Å². The van der Waals surface area contributed by atoms with Gasteiger partial charge in [-0.15, -0.1) is 10.2 Å². The van der Waals surface area contributed by atoms with Crippen molar-refractivity contribution in [1.82, 2.24) is 14.8 Å². The first-order valence-corrected chi connectivity index (χ1v) is 7.48. The molecule has 0 atom stereocenters. The number of anilines is 2. The molecule has 9 heteroatoms. The van der Waals surface area contributed by atoms with Crippen molar-refractivity contribution in [2.45, 2.75) is 24.9 Å². The quantitative estimate of drug-likeness (QED) is 0.673. The number of nitrogen functional groups attached to an aromatic ring is 1. The molecular formula is C11H16N6O2S. The van der Waals surface area contributed by atoms with Gasteiger partial charge in [0.05, 0.1) is 11.4 Å². The minimum Gasteiger partial charge on any atom is -0.399 e. The molecule has 108 valence electrons. The fourth-order valence-electron chi connectivity index (χ4n) is 1.75. The minimum absolute atomic E-state index is 0.0306. The molecule has 8 nitrogen and oxygen atoms in total. The van der Waals surface area contributed by atoms with Crippen LogP contribution in [0.5, 0.6) is 0 Å². The average Bonchev–Trinajstić information content (AvgIpc) is 2.82. The summed E-state index contributed by atoms with van der Waals surface area (Å²) in [6, 6.07) is 4.37. The number of sulfonamides is 1. The average molecular weight is 296 g/mol. The number of nitrogens with one attached hydrogen (secondary N) is 1. The number of rotatable bonds is 5. The molecule has 1 heterocycles. The van der Waals surface area contributed by atoms with Gasteiger partial charge in [-0.25, -0.2) is 13.6 Å². The van der Waals surface area contributed by atoms with Crippen LogP contribution in [0.2, 0.25) is 0 Å². The first-order valence-electron chi connectivity index (χ1n) is 5.94. The number of primary sulfonamides is 1. The van der Waals surface area contributed by atoms with E-state index in [0.29, 0.717) is 17.9 Å². The summed E-state index contributed by atoms with van der Waals surface area (Å²) in [5, 5.41) is 15.9. The van der Waals surface area contributed by atoms with Crippen molar-refractivity contribution in [3.63, 3.8) is 0 Å². The second-order valence-corrected chi connectivity index (χ2v) is 5.78. The van der Waals surface area contributed by atoms with E-state index in [2.05, 4.69) is 15.5 Å². The minimum atomic E-state index is -3.79. The number of nitrogens with zero attached hydrogens (tertiary/aromatic N) is 3. The van der Waals surface area contributed by atoms with Crippen LogP contribution in [0.4, 0.5) is 11.4 Å². The van der Waals surface area contributed by atoms with E-state index in [9.17, 15) is 8.42 Å². The van der Waals surface area contributed by atoms with Crippen molar-refractivity contribution in [3.8, 4) is 0 Å². The molecule has 2 rings (SSSR count). The van der Waals surface area contributed by atoms with Gasteiger partial charge in [-0.2, -0.15) is 0 Å². The van der Waals surface area contributed by atoms with Gasteiger partial charge in [0.25, 0.3) is 0 Å². The molecule has 0 aliphatic carbocycles. The number of aromatic nitrogens is 3. The maximum Gasteiger partial charge on any atom is 0.238 e. The second kappa shape index (κ2) is 5.47. The van der Waals surface area contributed by atoms with Crippen LogP contribution < -0.4 is 16.2 Å². The highest BCUT2D eigenvalue weighted by Crippen LogP contribution is 2.20. The van der Waals surface area contributed by atoms with Gasteiger partial charge in [-0.3, -0.25) is 0 Å². The summed E-state index contributed by atoms with van der Waals surface area (Å²) in [7, 11) is -3.79. The van der Waals surface area contributed by atoms with E-state index in [4.69, 9.17) is 10.9 Å². The maximum atomic E-state index is 11.3. The summed E-state index contributed by atoms with van der Waals surface area (Å²) in [5.74, 6) is 0.743. The van der Waals surface area contributed by atoms with Crippen molar-refractivity contribution >= 4 is 21.4 Å². The highest BCUT2D eigenvalue weighted by Gasteiger charge is 2.10. The van der Waals surface area contributed by atoms with Crippen LogP contribution in [0, 0.1) is 0 Å². The van der Waals surface area contributed by atoms with E-state index >= 15 is 0 Å². The van der Waals surface area contributed by atoms with Crippen molar-refractivity contribution in [2.24, 2.45) is 5.14 Å². The van der Waals surface area contributed by atoms with Gasteiger partial charge < -0.3 is 15.6 Å². The predicted octanol–water partition coefficient (Wildman–Crippen LogP) is 0.140. The van der Waals surface area contributed by atoms with Crippen molar-refractivity contribution in [2.75, 3.05) is 11.1 Å². The Kier molecular flexibility index (Phi) is 3.91. The van der Waals surface area contributed by atoms with Crippen LogP contribution in [0.1, 0.15) is 12.7 Å². The first kappa shape index (κ1) is 14.3. The van der Waals surface area contributed by atoms with Crippen LogP contribution in [0.25, 0.3) is 0 Å². The molecule has 0 saturated carbocycles. The van der Waals surface area contributed by atoms with Crippen LogP contribution in [0.3, 0.4) is 0 Å². The summed E-state index contributed by atoms with van der Waals surface area (Å²) in [5.41, 5.74) is 6.54. The maximum absolute atomic E-state index is 11.3. The molecule has 0 radical (unpaired) electrons. The van der Waals surface area contributed by atoms with Gasteiger partial charge in [0.2, 0.25) is 10.0 Å². The van der Waals surface area contributed by atoms with E-state index in [0.717, 1.165) is 12.4 Å². The largest absolute Gasteiger partial charge is 0.399 e. The highest BCUT2D eigenvalue weighted by atomic mass is 32.2. The third-order valence-electron chi connectivity index (χ3n) is 2.74. The summed E-state index contributed by atoms with van der Waals surface area (Å²) in [6.07, 6.45) is 1.63. The monoisotopic (exact) mass is 296 g/mol. The Morgan fingerprint density at radius 1 is 1.35 bits per heavy atom. The number of nitrogens with two attached hydrogens (primary N) is 2. The van der Waals surface area contributed by atoms with E-state index in [-0.39, 0.29) is 4.90 Å². The molecule has 1 aromatic carbocycles. The Bertz CT molecular complexity index is 709. The lowest BCUT2D eigenvalue weighted by Crippen LogP contribution is -2.13. The Balaban J connectivity index is 2.20. The zero-order chi connectivity index (χ0) is 14.8. The summed E-state index contributed by atoms with van der Waals surface area (Å²) in [4.78, 5) is -0.0306. The molecule has 1 aromatic heterocycles. The Morgan fingerprint density at radius 2 is 2.10 bits per heavy atom. The lowest BCUT2D eigenvalue weighted by molar-refractivity contribution is 0.598. The van der Waals surface area contributed by atoms with Gasteiger partial charge in [-0.1, -0.05) is 0 Å². The molecule has 0 aliphatic heterocycles. The van der Waals surface area contributed by atoms with Crippen molar-refractivity contribution in [1.29, 1.82) is 0 Å². The number of hydrogen-bond acceptors (Lipinski definition) is 6. The predicted molar refractivity (Wildman–Crippen MR) is 75.3 cm³/mol. The zero-order valence-corrected chi connectivity index (χ0v) is 11.8. The van der Waals surface area contributed by atoms with Crippen LogP contribution in [0.15, 0.2) is 29.4 Å². The Labute approximate surface area is 116 Å². The molecular weight excluding hydrogens is 280 g/mol. The number of benzene rings is 1. The molecule has 5 N–H and O–H groups in total. The zero-order valence-electron chi connectivity index (χ0n) is 10.9. The lowest BCUT2D eigenvalue weighted by Gasteiger charge is -2.09. The van der Waals surface area contributed by atoms with Gasteiger partial charge in [-0.05, 0) is 25.1 Å². The lowest BCUT2D eigenvalue weighted by atomic mass is 10.3. The molecule has 0 bridgehead atoms. The molecule has 0 amide bonds. The summed E-state index contributed by atoms with van der Waals surface area (Å²) in [6.45, 7) is 3.14. The molecule has 2 aromatic rings. The smallest absolute Gasteiger partial charge is 0.238 e. The normalized spacial score (nSPS) is 11.5. The Hall–Kier alpha value is -2.13. The van der Waals surface area contributed by atoms with Crippen molar-refractivity contribution in [3.05, 3.63) is 30.4 Å². The van der Waals surface area contributed by atoms with Crippen LogP contribution in [-0.2, 0) is 23.1 Å². The summed E-state index contributed by atoms with van der Waals surface area (Å²) < 4.78 is 24.6. The van der Waals surface area contributed by atoms with E-state index < -0.39 is 10.0 Å². The number of hydrogen-bond donors (Lipinski definition) is 3. The highest BCUT2D eigenvalue weighted by molar-refractivity contribution is 7.89. The molecule has 20 heavy (non-hydrogen) atoms. The van der Waals surface area contributed by atoms with Crippen LogP contribution in [-0.4, -0.2) is 23.2 Å². The fourth-order valence-corrected chi connectivity index (χ4v) is 2.34. The molecule has 0 fully saturated rings. The van der Waals surface area contributed by atoms with E-state index in [1.807, 2.05) is 11.5 Å². The Morgan fingerprint density at radius 3 is 2.75 bits per heavy atom. The fraction of sp³-hybridized carbons (Fsp3) is 0.273. The molecule has 0 spiro atoms.